The van der Waals surface area contributed by atoms with Crippen molar-refractivity contribution < 1.29 is 9.53 Å². The van der Waals surface area contributed by atoms with Gasteiger partial charge >= 0.3 is 0 Å². The van der Waals surface area contributed by atoms with Gasteiger partial charge in [-0.2, -0.15) is 5.10 Å². The number of hydrazone groups is 1. The number of nitrogens with zero attached hydrogens (tertiary/aromatic N) is 1. The lowest BCUT2D eigenvalue weighted by atomic mass is 10.1. The molecule has 0 heterocycles. The predicted molar refractivity (Wildman–Crippen MR) is 105 cm³/mol. The summed E-state index contributed by atoms with van der Waals surface area (Å²) < 4.78 is 5.77. The van der Waals surface area contributed by atoms with Crippen LogP contribution >= 0.6 is 0 Å². The molecule has 3 aromatic carbocycles. The van der Waals surface area contributed by atoms with Crippen LogP contribution in [0.4, 0.5) is 0 Å². The second-order valence-electron chi connectivity index (χ2n) is 6.02. The van der Waals surface area contributed by atoms with Crippen LogP contribution in [-0.4, -0.2) is 17.7 Å². The SMILES string of the molecule is CC/C(=N\NC(=O)[C@H](C)Oc1ccc2ccccc2c1)c1ccccc1. The summed E-state index contributed by atoms with van der Waals surface area (Å²) in [6.45, 7) is 3.72. The summed E-state index contributed by atoms with van der Waals surface area (Å²) in [6, 6.07) is 23.6. The summed E-state index contributed by atoms with van der Waals surface area (Å²) in [6.07, 6.45) is 0.0818. The summed E-state index contributed by atoms with van der Waals surface area (Å²) in [5.41, 5.74) is 4.44. The van der Waals surface area contributed by atoms with Crippen molar-refractivity contribution in [3.05, 3.63) is 78.4 Å². The van der Waals surface area contributed by atoms with Gasteiger partial charge in [0.2, 0.25) is 0 Å². The van der Waals surface area contributed by atoms with Crippen LogP contribution in [0.1, 0.15) is 25.8 Å². The molecule has 26 heavy (non-hydrogen) atoms. The van der Waals surface area contributed by atoms with Crippen molar-refractivity contribution in [1.82, 2.24) is 5.43 Å². The van der Waals surface area contributed by atoms with E-state index in [1.165, 1.54) is 0 Å². The van der Waals surface area contributed by atoms with E-state index in [2.05, 4.69) is 10.5 Å². The monoisotopic (exact) mass is 346 g/mol. The molecule has 0 aliphatic carbocycles. The van der Waals surface area contributed by atoms with Gasteiger partial charge in [-0.25, -0.2) is 5.43 Å². The molecule has 1 atom stereocenters. The van der Waals surface area contributed by atoms with Gasteiger partial charge in [0.05, 0.1) is 5.71 Å². The van der Waals surface area contributed by atoms with Crippen LogP contribution in [0, 0.1) is 0 Å². The minimum absolute atomic E-state index is 0.278. The first-order valence-electron chi connectivity index (χ1n) is 8.74. The number of benzene rings is 3. The van der Waals surface area contributed by atoms with Crippen molar-refractivity contribution in [3.63, 3.8) is 0 Å². The van der Waals surface area contributed by atoms with Gasteiger partial charge < -0.3 is 4.74 Å². The fourth-order valence-electron chi connectivity index (χ4n) is 2.69. The quantitative estimate of drug-likeness (QED) is 0.526. The van der Waals surface area contributed by atoms with Crippen LogP contribution in [0.5, 0.6) is 5.75 Å². The topological polar surface area (TPSA) is 50.7 Å². The molecule has 1 amide bonds. The molecular formula is C22H22N2O2. The van der Waals surface area contributed by atoms with Crippen LogP contribution in [0.25, 0.3) is 10.8 Å². The first-order chi connectivity index (χ1) is 12.7. The zero-order valence-electron chi connectivity index (χ0n) is 15.0. The smallest absolute Gasteiger partial charge is 0.280 e. The van der Waals surface area contributed by atoms with Crippen molar-refractivity contribution in [2.75, 3.05) is 0 Å². The lowest BCUT2D eigenvalue weighted by Gasteiger charge is -2.14. The third-order valence-corrected chi connectivity index (χ3v) is 4.15. The maximum Gasteiger partial charge on any atom is 0.280 e. The maximum absolute atomic E-state index is 12.3. The van der Waals surface area contributed by atoms with Crippen molar-refractivity contribution in [2.45, 2.75) is 26.4 Å². The summed E-state index contributed by atoms with van der Waals surface area (Å²) in [5, 5.41) is 6.48. The van der Waals surface area contributed by atoms with Gasteiger partial charge in [0.1, 0.15) is 5.75 Å². The Balaban J connectivity index is 1.66. The molecule has 0 unspecified atom stereocenters. The Hall–Kier alpha value is -3.14. The number of hydrogen-bond donors (Lipinski definition) is 1. The first kappa shape index (κ1) is 17.7. The Morgan fingerprint density at radius 2 is 1.69 bits per heavy atom. The van der Waals surface area contributed by atoms with Crippen molar-refractivity contribution in [2.24, 2.45) is 5.10 Å². The van der Waals surface area contributed by atoms with Gasteiger partial charge in [-0.15, -0.1) is 0 Å². The Morgan fingerprint density at radius 3 is 2.42 bits per heavy atom. The zero-order valence-corrected chi connectivity index (χ0v) is 15.0. The van der Waals surface area contributed by atoms with Crippen LogP contribution < -0.4 is 10.2 Å². The number of carbonyl (C=O) groups excluding carboxylic acids is 1. The van der Waals surface area contributed by atoms with Crippen LogP contribution in [-0.2, 0) is 4.79 Å². The van der Waals surface area contributed by atoms with E-state index < -0.39 is 6.10 Å². The number of hydrogen-bond acceptors (Lipinski definition) is 3. The normalized spacial score (nSPS) is 12.6. The zero-order chi connectivity index (χ0) is 18.4. The van der Waals surface area contributed by atoms with Gasteiger partial charge in [-0.3, -0.25) is 4.79 Å². The molecular weight excluding hydrogens is 324 g/mol. The number of nitrogens with one attached hydrogen (secondary N) is 1. The van der Waals surface area contributed by atoms with E-state index in [0.29, 0.717) is 5.75 Å². The molecule has 0 fully saturated rings. The second kappa shape index (κ2) is 8.30. The molecule has 0 saturated carbocycles. The average molecular weight is 346 g/mol. The van der Waals surface area contributed by atoms with E-state index in [-0.39, 0.29) is 5.91 Å². The van der Waals surface area contributed by atoms with E-state index in [4.69, 9.17) is 4.74 Å². The largest absolute Gasteiger partial charge is 0.481 e. The van der Waals surface area contributed by atoms with Gasteiger partial charge in [-0.1, -0.05) is 67.6 Å². The van der Waals surface area contributed by atoms with E-state index in [9.17, 15) is 4.79 Å². The molecule has 4 heteroatoms. The molecule has 0 aliphatic rings. The highest BCUT2D eigenvalue weighted by molar-refractivity contribution is 6.01. The molecule has 0 aromatic heterocycles. The van der Waals surface area contributed by atoms with Crippen LogP contribution in [0.3, 0.4) is 0 Å². The Bertz CT molecular complexity index is 920. The molecule has 3 rings (SSSR count). The summed E-state index contributed by atoms with van der Waals surface area (Å²) in [7, 11) is 0. The lowest BCUT2D eigenvalue weighted by molar-refractivity contribution is -0.127. The predicted octanol–water partition coefficient (Wildman–Crippen LogP) is 4.54. The highest BCUT2D eigenvalue weighted by Gasteiger charge is 2.14. The third kappa shape index (κ3) is 4.28. The number of carbonyl (C=O) groups is 1. The molecule has 0 saturated heterocycles. The molecule has 0 aliphatic heterocycles. The standard InChI is InChI=1S/C22H22N2O2/c1-3-21(18-10-5-4-6-11-18)23-24-22(25)16(2)26-20-14-13-17-9-7-8-12-19(17)15-20/h4-16H,3H2,1-2H3,(H,24,25)/b23-21+/t16-/m0/s1. The molecule has 0 bridgehead atoms. The van der Waals surface area contributed by atoms with Gasteiger partial charge in [-0.05, 0) is 41.8 Å². The summed E-state index contributed by atoms with van der Waals surface area (Å²) >= 11 is 0. The third-order valence-electron chi connectivity index (χ3n) is 4.15. The molecule has 132 valence electrons. The Kier molecular flexibility index (Phi) is 5.64. The minimum Gasteiger partial charge on any atom is -0.481 e. The molecule has 1 N–H and O–H groups in total. The Morgan fingerprint density at radius 1 is 1.00 bits per heavy atom. The van der Waals surface area contributed by atoms with Crippen molar-refractivity contribution >= 4 is 22.4 Å². The van der Waals surface area contributed by atoms with Gasteiger partial charge in [0.15, 0.2) is 6.10 Å². The summed E-state index contributed by atoms with van der Waals surface area (Å²) in [5.74, 6) is 0.383. The lowest BCUT2D eigenvalue weighted by Crippen LogP contribution is -2.34. The second-order valence-corrected chi connectivity index (χ2v) is 6.02. The molecule has 4 nitrogen and oxygen atoms in total. The number of ether oxygens (including phenoxy) is 1. The first-order valence-corrected chi connectivity index (χ1v) is 8.74. The van der Waals surface area contributed by atoms with Gasteiger partial charge in [0, 0.05) is 0 Å². The number of fused-ring (bicyclic) bond motifs is 1. The molecule has 0 radical (unpaired) electrons. The van der Waals surface area contributed by atoms with E-state index in [1.54, 1.807) is 6.92 Å². The highest BCUT2D eigenvalue weighted by Crippen LogP contribution is 2.21. The highest BCUT2D eigenvalue weighted by atomic mass is 16.5. The Labute approximate surface area is 153 Å². The fraction of sp³-hybridized carbons (Fsp3) is 0.182. The van der Waals surface area contributed by atoms with Crippen LogP contribution in [0.2, 0.25) is 0 Å². The van der Waals surface area contributed by atoms with E-state index >= 15 is 0 Å². The molecule has 3 aromatic rings. The number of rotatable bonds is 6. The van der Waals surface area contributed by atoms with E-state index in [0.717, 1.165) is 28.5 Å². The summed E-state index contributed by atoms with van der Waals surface area (Å²) in [4.78, 5) is 12.3. The van der Waals surface area contributed by atoms with E-state index in [1.807, 2.05) is 79.7 Å². The average Bonchev–Trinajstić information content (AvgIpc) is 2.69. The van der Waals surface area contributed by atoms with Gasteiger partial charge in [0.25, 0.3) is 5.91 Å². The van der Waals surface area contributed by atoms with Crippen LogP contribution in [0.15, 0.2) is 77.9 Å². The fourth-order valence-corrected chi connectivity index (χ4v) is 2.69. The minimum atomic E-state index is -0.645. The van der Waals surface area contributed by atoms with Crippen molar-refractivity contribution in [1.29, 1.82) is 0 Å². The number of amides is 1. The maximum atomic E-state index is 12.3. The van der Waals surface area contributed by atoms with Crippen molar-refractivity contribution in [3.8, 4) is 5.75 Å². The molecule has 0 spiro atoms.